The van der Waals surface area contributed by atoms with Gasteiger partial charge in [-0.15, -0.1) is 0 Å². The van der Waals surface area contributed by atoms with Crippen LogP contribution in [-0.2, 0) is 0 Å². The summed E-state index contributed by atoms with van der Waals surface area (Å²) in [5, 5.41) is 0. The minimum Gasteiger partial charge on any atom is -0.161 e. The summed E-state index contributed by atoms with van der Waals surface area (Å²) in [6.07, 6.45) is 3.09. The van der Waals surface area contributed by atoms with Crippen molar-refractivity contribution in [2.24, 2.45) is 23.7 Å². The Morgan fingerprint density at radius 1 is 1.18 bits per heavy atom. The molecular weight excluding hydrogens is 152 g/mol. The van der Waals surface area contributed by atoms with Gasteiger partial charge in [-0.3, -0.25) is 0 Å². The fourth-order valence-electron chi connectivity index (χ4n) is 2.81. The zero-order chi connectivity index (χ0) is 7.84. The van der Waals surface area contributed by atoms with Gasteiger partial charge >= 0.3 is 0 Å². The van der Waals surface area contributed by atoms with E-state index in [4.69, 9.17) is 0 Å². The maximum atomic E-state index is 2.40. The van der Waals surface area contributed by atoms with Gasteiger partial charge in [0.2, 0.25) is 0 Å². The Morgan fingerprint density at radius 3 is 2.64 bits per heavy atom. The lowest BCUT2D eigenvalue weighted by Crippen LogP contribution is -2.16. The fourth-order valence-corrected chi connectivity index (χ4v) is 4.23. The summed E-state index contributed by atoms with van der Waals surface area (Å²) in [5.41, 5.74) is 0. The molecule has 0 N–H and O–H groups in total. The SMILES string of the molecule is CC(C)C1CC2CSCC1C2. The summed E-state index contributed by atoms with van der Waals surface area (Å²) in [7, 11) is 0. The van der Waals surface area contributed by atoms with E-state index in [1.165, 1.54) is 17.9 Å². The second-order valence-electron chi connectivity index (χ2n) is 4.54. The molecule has 1 heteroatoms. The highest BCUT2D eigenvalue weighted by molar-refractivity contribution is 7.99. The first-order valence-corrected chi connectivity index (χ1v) is 6.00. The summed E-state index contributed by atoms with van der Waals surface area (Å²) in [5.74, 6) is 7.09. The van der Waals surface area contributed by atoms with Gasteiger partial charge in [0.05, 0.1) is 0 Å². The van der Waals surface area contributed by atoms with Gasteiger partial charge in [0.15, 0.2) is 0 Å². The molecule has 1 saturated carbocycles. The smallest absolute Gasteiger partial charge is 0.00362 e. The molecule has 0 aromatic heterocycles. The lowest BCUT2D eigenvalue weighted by atomic mass is 9.87. The first-order valence-electron chi connectivity index (χ1n) is 4.85. The minimum absolute atomic E-state index is 0.934. The van der Waals surface area contributed by atoms with E-state index in [2.05, 4.69) is 25.6 Å². The maximum absolute atomic E-state index is 2.40. The minimum atomic E-state index is 0.934. The van der Waals surface area contributed by atoms with Crippen LogP contribution in [0.5, 0.6) is 0 Å². The Bertz CT molecular complexity index is 142. The first-order chi connectivity index (χ1) is 5.27. The normalized spacial score (nSPS) is 43.4. The highest BCUT2D eigenvalue weighted by atomic mass is 32.2. The van der Waals surface area contributed by atoms with Gasteiger partial charge in [-0.1, -0.05) is 13.8 Å². The second kappa shape index (κ2) is 3.01. The molecule has 1 saturated heterocycles. The molecule has 2 aliphatic rings. The van der Waals surface area contributed by atoms with Crippen molar-refractivity contribution < 1.29 is 0 Å². The van der Waals surface area contributed by atoms with Gasteiger partial charge < -0.3 is 0 Å². The second-order valence-corrected chi connectivity index (χ2v) is 5.62. The van der Waals surface area contributed by atoms with Crippen molar-refractivity contribution in [1.82, 2.24) is 0 Å². The average Bonchev–Trinajstić information content (AvgIpc) is 2.27. The van der Waals surface area contributed by atoms with Crippen LogP contribution in [0.25, 0.3) is 0 Å². The van der Waals surface area contributed by atoms with Crippen LogP contribution in [0.2, 0.25) is 0 Å². The molecule has 11 heavy (non-hydrogen) atoms. The largest absolute Gasteiger partial charge is 0.161 e. The van der Waals surface area contributed by atoms with Crippen LogP contribution < -0.4 is 0 Å². The molecule has 1 heterocycles. The van der Waals surface area contributed by atoms with Crippen LogP contribution in [-0.4, -0.2) is 11.5 Å². The monoisotopic (exact) mass is 170 g/mol. The summed E-state index contributed by atoms with van der Waals surface area (Å²) < 4.78 is 0. The zero-order valence-electron chi connectivity index (χ0n) is 7.55. The van der Waals surface area contributed by atoms with E-state index in [0.29, 0.717) is 0 Å². The lowest BCUT2D eigenvalue weighted by Gasteiger charge is -2.22. The van der Waals surface area contributed by atoms with Gasteiger partial charge in [-0.05, 0) is 48.0 Å². The number of fused-ring (bicyclic) bond motifs is 2. The predicted molar refractivity (Wildman–Crippen MR) is 51.9 cm³/mol. The van der Waals surface area contributed by atoms with Crippen LogP contribution in [0.4, 0.5) is 0 Å². The third-order valence-corrected chi connectivity index (χ3v) is 4.76. The Morgan fingerprint density at radius 2 is 2.00 bits per heavy atom. The van der Waals surface area contributed by atoms with Crippen molar-refractivity contribution in [2.45, 2.75) is 26.7 Å². The summed E-state index contributed by atoms with van der Waals surface area (Å²) in [4.78, 5) is 0. The summed E-state index contributed by atoms with van der Waals surface area (Å²) >= 11 is 2.19. The topological polar surface area (TPSA) is 0 Å². The van der Waals surface area contributed by atoms with Crippen LogP contribution in [0.3, 0.4) is 0 Å². The Labute approximate surface area is 74.1 Å². The predicted octanol–water partition coefficient (Wildman–Crippen LogP) is 3.03. The zero-order valence-corrected chi connectivity index (χ0v) is 8.36. The average molecular weight is 170 g/mol. The molecule has 2 bridgehead atoms. The van der Waals surface area contributed by atoms with Crippen LogP contribution in [0.15, 0.2) is 0 Å². The molecule has 3 unspecified atom stereocenters. The van der Waals surface area contributed by atoms with E-state index in [0.717, 1.165) is 23.7 Å². The van der Waals surface area contributed by atoms with Gasteiger partial charge in [0.1, 0.15) is 0 Å². The van der Waals surface area contributed by atoms with Gasteiger partial charge in [-0.2, -0.15) is 11.8 Å². The van der Waals surface area contributed by atoms with Crippen LogP contribution >= 0.6 is 11.8 Å². The molecule has 2 fully saturated rings. The molecule has 2 rings (SSSR count). The van der Waals surface area contributed by atoms with Crippen molar-refractivity contribution in [1.29, 1.82) is 0 Å². The quantitative estimate of drug-likeness (QED) is 0.583. The molecule has 1 aliphatic carbocycles. The molecule has 0 amide bonds. The standard InChI is InChI=1S/C10H18S/c1-7(2)10-4-8-3-9(10)6-11-5-8/h7-10H,3-6H2,1-2H3. The molecule has 1 aliphatic heterocycles. The number of rotatable bonds is 1. The summed E-state index contributed by atoms with van der Waals surface area (Å²) in [6, 6.07) is 0. The van der Waals surface area contributed by atoms with Gasteiger partial charge in [0.25, 0.3) is 0 Å². The van der Waals surface area contributed by atoms with Crippen molar-refractivity contribution in [2.75, 3.05) is 11.5 Å². The molecular formula is C10H18S. The first kappa shape index (κ1) is 7.97. The Hall–Kier alpha value is 0.350. The maximum Gasteiger partial charge on any atom is -0.00362 e. The highest BCUT2D eigenvalue weighted by Crippen LogP contribution is 2.46. The van der Waals surface area contributed by atoms with Crippen molar-refractivity contribution in [3.63, 3.8) is 0 Å². The van der Waals surface area contributed by atoms with E-state index in [9.17, 15) is 0 Å². The van der Waals surface area contributed by atoms with E-state index >= 15 is 0 Å². The Balaban J connectivity index is 2.03. The third-order valence-electron chi connectivity index (χ3n) is 3.39. The molecule has 3 atom stereocenters. The van der Waals surface area contributed by atoms with E-state index in [1.54, 1.807) is 6.42 Å². The van der Waals surface area contributed by atoms with Crippen LogP contribution in [0.1, 0.15) is 26.7 Å². The van der Waals surface area contributed by atoms with Crippen molar-refractivity contribution >= 4 is 11.8 Å². The molecule has 0 nitrogen and oxygen atoms in total. The highest BCUT2D eigenvalue weighted by Gasteiger charge is 2.38. The number of thioether (sulfide) groups is 1. The molecule has 0 spiro atoms. The van der Waals surface area contributed by atoms with E-state index in [-0.39, 0.29) is 0 Å². The fraction of sp³-hybridized carbons (Fsp3) is 1.00. The van der Waals surface area contributed by atoms with Crippen LogP contribution in [0, 0.1) is 23.7 Å². The van der Waals surface area contributed by atoms with Gasteiger partial charge in [-0.25, -0.2) is 0 Å². The van der Waals surface area contributed by atoms with Crippen molar-refractivity contribution in [3.8, 4) is 0 Å². The molecule has 0 aromatic rings. The third kappa shape index (κ3) is 1.44. The van der Waals surface area contributed by atoms with Gasteiger partial charge in [0, 0.05) is 0 Å². The van der Waals surface area contributed by atoms with E-state index < -0.39 is 0 Å². The van der Waals surface area contributed by atoms with E-state index in [1.807, 2.05) is 0 Å². The molecule has 0 aromatic carbocycles. The molecule has 0 radical (unpaired) electrons. The summed E-state index contributed by atoms with van der Waals surface area (Å²) in [6.45, 7) is 4.80. The molecule has 64 valence electrons. The Kier molecular flexibility index (Phi) is 2.18. The van der Waals surface area contributed by atoms with Crippen molar-refractivity contribution in [3.05, 3.63) is 0 Å². The number of hydrogen-bond donors (Lipinski definition) is 0. The lowest BCUT2D eigenvalue weighted by molar-refractivity contribution is 0.318. The number of hydrogen-bond acceptors (Lipinski definition) is 1.